The summed E-state index contributed by atoms with van der Waals surface area (Å²) in [6, 6.07) is 13.8. The Balaban J connectivity index is 1.48. The third kappa shape index (κ3) is 21.4. The van der Waals surface area contributed by atoms with Crippen molar-refractivity contribution < 1.29 is 59.9 Å². The van der Waals surface area contributed by atoms with Gasteiger partial charge in [-0.15, -0.1) is 0 Å². The number of aromatic nitrogens is 2. The summed E-state index contributed by atoms with van der Waals surface area (Å²) < 4.78 is 85.0. The summed E-state index contributed by atoms with van der Waals surface area (Å²) in [6.45, 7) is 0.403. The lowest BCUT2D eigenvalue weighted by Crippen LogP contribution is -2.60. The molecule has 0 unspecified atom stereocenters. The van der Waals surface area contributed by atoms with Gasteiger partial charge in [-0.2, -0.15) is 26.3 Å². The van der Waals surface area contributed by atoms with Crippen molar-refractivity contribution in [2.45, 2.75) is 151 Å². The number of hydrogen-bond donors (Lipinski definition) is 14. The normalized spacial score (nSPS) is 13.9. The van der Waals surface area contributed by atoms with E-state index in [0.717, 1.165) is 48.5 Å². The van der Waals surface area contributed by atoms with Crippen molar-refractivity contribution in [3.05, 3.63) is 143 Å². The number of H-pyrrole nitrogens is 2. The largest absolute Gasteiger partial charge is 0.416 e. The van der Waals surface area contributed by atoms with Gasteiger partial charge in [0, 0.05) is 53.6 Å². The van der Waals surface area contributed by atoms with Crippen LogP contribution in [0.5, 0.6) is 0 Å². The Morgan fingerprint density at radius 3 is 1.23 bits per heavy atom. The molecule has 0 aliphatic carbocycles. The lowest BCUT2D eigenvalue weighted by atomic mass is 9.74. The van der Waals surface area contributed by atoms with Gasteiger partial charge in [0.15, 0.2) is 0 Å². The van der Waals surface area contributed by atoms with Crippen LogP contribution in [0.4, 0.5) is 26.3 Å². The Bertz CT molecular complexity index is 3320. The molecule has 92 heavy (non-hydrogen) atoms. The van der Waals surface area contributed by atoms with Gasteiger partial charge in [0.25, 0.3) is 0 Å². The molecule has 0 fully saturated rings. The van der Waals surface area contributed by atoms with Crippen LogP contribution in [-0.2, 0) is 71.6 Å². The molecule has 7 amide bonds. The van der Waals surface area contributed by atoms with E-state index in [9.17, 15) is 45.5 Å². The molecule has 0 radical (unpaired) electrons. The number of benzene rings is 4. The molecule has 0 saturated heterocycles. The van der Waals surface area contributed by atoms with Crippen LogP contribution in [0.15, 0.2) is 109 Å². The predicted molar refractivity (Wildman–Crippen MR) is 338 cm³/mol. The van der Waals surface area contributed by atoms with Gasteiger partial charge in [0.05, 0.1) is 22.6 Å². The first-order valence-electron chi connectivity index (χ1n) is 31.0. The summed E-state index contributed by atoms with van der Waals surface area (Å²) >= 11 is 0. The number of rotatable bonds is 38. The Kier molecular flexibility index (Phi) is 27.6. The van der Waals surface area contributed by atoms with Gasteiger partial charge in [0.2, 0.25) is 41.4 Å². The van der Waals surface area contributed by atoms with Crippen LogP contribution >= 0.6 is 0 Å². The van der Waals surface area contributed by atoms with Crippen molar-refractivity contribution in [2.75, 3.05) is 32.7 Å². The number of para-hydroxylation sites is 2. The number of nitrogens with two attached hydrogens (primary N) is 6. The maximum absolute atomic E-state index is 16.1. The number of aromatic amines is 2. The van der Waals surface area contributed by atoms with E-state index in [4.69, 9.17) is 34.4 Å². The van der Waals surface area contributed by atoms with Gasteiger partial charge < -0.3 is 76.3 Å². The van der Waals surface area contributed by atoms with E-state index in [1.54, 1.807) is 60.9 Å². The molecule has 0 saturated carbocycles. The summed E-state index contributed by atoms with van der Waals surface area (Å²) in [4.78, 5) is 108. The van der Waals surface area contributed by atoms with Crippen LogP contribution in [0, 0.1) is 5.41 Å². The zero-order chi connectivity index (χ0) is 67.0. The highest BCUT2D eigenvalue weighted by atomic mass is 19.4. The highest BCUT2D eigenvalue weighted by Gasteiger charge is 2.43. The maximum atomic E-state index is 16.1. The topological polar surface area (TPSA) is 379 Å². The Morgan fingerprint density at radius 1 is 0.435 bits per heavy atom. The van der Waals surface area contributed by atoms with Gasteiger partial charge in [-0.3, -0.25) is 33.6 Å². The highest BCUT2D eigenvalue weighted by molar-refractivity contribution is 5.97. The van der Waals surface area contributed by atoms with Crippen molar-refractivity contribution in [3.63, 3.8) is 0 Å². The van der Waals surface area contributed by atoms with Gasteiger partial charge in [-0.05, 0) is 168 Å². The fourth-order valence-corrected chi connectivity index (χ4v) is 11.0. The van der Waals surface area contributed by atoms with E-state index >= 15 is 14.4 Å². The number of fused-ring (bicyclic) bond motifs is 2. The van der Waals surface area contributed by atoms with E-state index in [-0.39, 0.29) is 62.7 Å². The number of unbranched alkanes of at least 4 members (excludes halogenated alkanes) is 4. The third-order valence-corrected chi connectivity index (χ3v) is 16.3. The first-order valence-corrected chi connectivity index (χ1v) is 31.0. The molecule has 0 aliphatic heterocycles. The first-order chi connectivity index (χ1) is 43.9. The fourth-order valence-electron chi connectivity index (χ4n) is 11.0. The number of hydrogen-bond acceptors (Lipinski definition) is 12. The second kappa shape index (κ2) is 34.9. The zero-order valence-corrected chi connectivity index (χ0v) is 51.3. The molecule has 0 aliphatic rings. The second-order valence-corrected chi connectivity index (χ2v) is 23.3. The Hall–Kier alpha value is -8.37. The predicted octanol–water partition coefficient (Wildman–Crippen LogP) is 4.81. The molecule has 0 spiro atoms. The Labute approximate surface area is 529 Å². The average molecular weight is 1290 g/mol. The number of alkyl halides is 6. The van der Waals surface area contributed by atoms with Gasteiger partial charge in [-0.1, -0.05) is 67.1 Å². The van der Waals surface area contributed by atoms with E-state index in [1.807, 2.05) is 0 Å². The number of nitrogens with one attached hydrogen (secondary N) is 8. The SMILES string of the molecule is NCCCC[C@@H](N)C(=O)N[C@H](CCCCN)C(=O)N[C@H](Cc1c[nH]c2ccccc12)C(=O)NCC(Cc1ccc(C(F)(F)F)cc1)(Cc1ccc(C(F)(F)F)cc1)C(=O)N[C@@H](Cc1c[nH]c2ccccc12)C(=O)N[C@@H](CCCCN)C(=O)N[C@@H](CCCCN)C(N)=O. The van der Waals surface area contributed by atoms with E-state index in [0.29, 0.717) is 97.4 Å². The molecule has 2 aromatic heterocycles. The van der Waals surface area contributed by atoms with Crippen LogP contribution in [0.1, 0.15) is 110 Å². The quantitative estimate of drug-likeness (QED) is 0.0183. The van der Waals surface area contributed by atoms with Crippen LogP contribution in [0.25, 0.3) is 21.8 Å². The van der Waals surface area contributed by atoms with Crippen molar-refractivity contribution in [3.8, 4) is 0 Å². The summed E-state index contributed by atoms with van der Waals surface area (Å²) in [6.07, 6.45) is -3.86. The van der Waals surface area contributed by atoms with Crippen LogP contribution in [0.2, 0.25) is 0 Å². The average Bonchev–Trinajstić information content (AvgIpc) is 0.906. The molecular weight excluding hydrogens is 1200 g/mol. The molecule has 6 aromatic rings. The molecule has 4 aromatic carbocycles. The fraction of sp³-hybridized carbons (Fsp3) is 0.462. The molecule has 500 valence electrons. The summed E-state index contributed by atoms with van der Waals surface area (Å²) in [5.74, 6) is -5.93. The molecule has 21 nitrogen and oxygen atoms in total. The van der Waals surface area contributed by atoms with E-state index in [2.05, 4.69) is 41.9 Å². The lowest BCUT2D eigenvalue weighted by molar-refractivity contribution is -0.138. The highest BCUT2D eigenvalue weighted by Crippen LogP contribution is 2.35. The standard InChI is InChI=1S/C65H86F6N14O7/c66-64(67,68)44-25-21-40(22-26-44)35-63(36-41-23-27-45(28-24-41)65(69,70)71,39-80-58(88)54(33-42-37-78-49-16-3-1-13-46(42)49)84-60(90)52(19-7-11-31-74)82-57(87)48(76)15-5-9-29-72)62(92)85-55(34-43-38-79-50-17-4-2-14-47(43)50)61(91)83-53(20-8-12-32-75)59(89)81-51(56(77)86)18-6-10-30-73/h1-4,13-14,16-17,21-28,37-38,48,51-55,78-79H,5-12,15,18-20,29-36,39,72-76H2,(H2,77,86)(H,80,88)(H,81,89)(H,82,87)(H,83,91)(H,84,90)(H,85,92)/t48-,51+,52-,53+,54-,55+/m1/s1. The zero-order valence-electron chi connectivity index (χ0n) is 51.3. The van der Waals surface area contributed by atoms with Crippen LogP contribution < -0.4 is 66.3 Å². The van der Waals surface area contributed by atoms with Gasteiger partial charge in [-0.25, -0.2) is 0 Å². The van der Waals surface area contributed by atoms with Gasteiger partial charge >= 0.3 is 12.4 Å². The number of halogens is 6. The minimum Gasteiger partial charge on any atom is -0.368 e. The monoisotopic (exact) mass is 1290 g/mol. The van der Waals surface area contributed by atoms with E-state index < -0.39 is 126 Å². The smallest absolute Gasteiger partial charge is 0.368 e. The maximum Gasteiger partial charge on any atom is 0.416 e. The van der Waals surface area contributed by atoms with Crippen LogP contribution in [-0.4, -0.2) is 120 Å². The molecule has 27 heteroatoms. The number of carbonyl (C=O) groups excluding carboxylic acids is 7. The second-order valence-electron chi connectivity index (χ2n) is 23.3. The number of amides is 7. The molecule has 6 atom stereocenters. The number of carbonyl (C=O) groups is 7. The van der Waals surface area contributed by atoms with Crippen LogP contribution in [0.3, 0.4) is 0 Å². The summed E-state index contributed by atoms with van der Waals surface area (Å²) in [7, 11) is 0. The lowest BCUT2D eigenvalue weighted by Gasteiger charge is -2.36. The molecular formula is C65H86F6N14O7. The molecule has 6 rings (SSSR count). The first kappa shape index (κ1) is 72.7. The third-order valence-electron chi connectivity index (χ3n) is 16.3. The molecule has 2 heterocycles. The van der Waals surface area contributed by atoms with Crippen molar-refractivity contribution in [2.24, 2.45) is 39.8 Å². The molecule has 0 bridgehead atoms. The van der Waals surface area contributed by atoms with Crippen molar-refractivity contribution in [1.29, 1.82) is 0 Å². The van der Waals surface area contributed by atoms with E-state index in [1.165, 1.54) is 0 Å². The van der Waals surface area contributed by atoms with Crippen molar-refractivity contribution in [1.82, 2.24) is 41.9 Å². The molecule has 20 N–H and O–H groups in total. The summed E-state index contributed by atoms with van der Waals surface area (Å²) in [5, 5.41) is 17.9. The van der Waals surface area contributed by atoms with Crippen molar-refractivity contribution >= 4 is 63.2 Å². The summed E-state index contributed by atoms with van der Waals surface area (Å²) in [5.41, 5.74) is 33.2. The minimum atomic E-state index is -4.80. The Morgan fingerprint density at radius 2 is 0.804 bits per heavy atom. The number of primary amides is 1. The minimum absolute atomic E-state index is 0.00549. The van der Waals surface area contributed by atoms with Gasteiger partial charge in [0.1, 0.15) is 30.2 Å².